The first kappa shape index (κ1) is 12.4. The van der Waals surface area contributed by atoms with E-state index in [1.165, 1.54) is 5.56 Å². The van der Waals surface area contributed by atoms with Crippen LogP contribution < -0.4 is 5.32 Å². The zero-order valence-corrected chi connectivity index (χ0v) is 11.7. The van der Waals surface area contributed by atoms with Crippen molar-refractivity contribution in [3.63, 3.8) is 0 Å². The molecule has 0 spiro atoms. The Bertz CT molecular complexity index is 529. The van der Waals surface area contributed by atoms with E-state index in [1.54, 1.807) is 6.20 Å². The van der Waals surface area contributed by atoms with E-state index in [1.807, 2.05) is 24.3 Å². The van der Waals surface area contributed by atoms with Gasteiger partial charge in [0.05, 0.1) is 17.3 Å². The Labute approximate surface area is 114 Å². The number of anilines is 1. The summed E-state index contributed by atoms with van der Waals surface area (Å²) in [6, 6.07) is 9.79. The molecule has 0 aliphatic rings. The number of aryl methyl sites for hydroxylation is 1. The molecular formula is C13H12BrClN2. The van der Waals surface area contributed by atoms with Gasteiger partial charge >= 0.3 is 0 Å². The quantitative estimate of drug-likeness (QED) is 0.907. The summed E-state index contributed by atoms with van der Waals surface area (Å²) in [5.41, 5.74) is 3.22. The number of hydrogen-bond donors (Lipinski definition) is 1. The topological polar surface area (TPSA) is 24.9 Å². The number of hydrogen-bond acceptors (Lipinski definition) is 2. The Hall–Kier alpha value is -1.06. The molecule has 0 atom stereocenters. The first-order valence-electron chi connectivity index (χ1n) is 5.26. The molecule has 1 N–H and O–H groups in total. The number of nitrogens with zero attached hydrogens (tertiary/aromatic N) is 1. The van der Waals surface area contributed by atoms with E-state index in [4.69, 9.17) is 11.6 Å². The SMILES string of the molecule is Cc1cccnc1CNc1ccc(Br)c(Cl)c1. The number of benzene rings is 1. The summed E-state index contributed by atoms with van der Waals surface area (Å²) in [5.74, 6) is 0. The molecule has 1 aromatic carbocycles. The van der Waals surface area contributed by atoms with Crippen LogP contribution in [0.1, 0.15) is 11.3 Å². The Kier molecular flexibility index (Phi) is 4.02. The summed E-state index contributed by atoms with van der Waals surface area (Å²) in [5, 5.41) is 4.00. The highest BCUT2D eigenvalue weighted by Gasteiger charge is 2.01. The zero-order chi connectivity index (χ0) is 12.3. The van der Waals surface area contributed by atoms with Gasteiger partial charge < -0.3 is 5.32 Å². The van der Waals surface area contributed by atoms with Crippen LogP contribution in [0.5, 0.6) is 0 Å². The third-order valence-electron chi connectivity index (χ3n) is 2.50. The molecule has 2 aromatic rings. The lowest BCUT2D eigenvalue weighted by atomic mass is 10.2. The minimum Gasteiger partial charge on any atom is -0.379 e. The Morgan fingerprint density at radius 2 is 2.18 bits per heavy atom. The third-order valence-corrected chi connectivity index (χ3v) is 3.73. The maximum atomic E-state index is 6.02. The highest BCUT2D eigenvalue weighted by Crippen LogP contribution is 2.25. The maximum Gasteiger partial charge on any atom is 0.0623 e. The molecule has 88 valence electrons. The van der Waals surface area contributed by atoms with E-state index >= 15 is 0 Å². The van der Waals surface area contributed by atoms with Crippen molar-refractivity contribution in [1.29, 1.82) is 0 Å². The molecule has 2 nitrogen and oxygen atoms in total. The van der Waals surface area contributed by atoms with E-state index in [9.17, 15) is 0 Å². The lowest BCUT2D eigenvalue weighted by Crippen LogP contribution is -2.03. The molecule has 17 heavy (non-hydrogen) atoms. The van der Waals surface area contributed by atoms with Crippen molar-refractivity contribution >= 4 is 33.2 Å². The van der Waals surface area contributed by atoms with Gasteiger partial charge in [-0.3, -0.25) is 4.98 Å². The average molecular weight is 312 g/mol. The second-order valence-corrected chi connectivity index (χ2v) is 5.01. The zero-order valence-electron chi connectivity index (χ0n) is 9.37. The molecule has 0 fully saturated rings. The van der Waals surface area contributed by atoms with Crippen LogP contribution in [0, 0.1) is 6.92 Å². The standard InChI is InChI=1S/C13H12BrClN2/c1-9-3-2-6-16-13(9)8-17-10-4-5-11(14)12(15)7-10/h2-7,17H,8H2,1H3. The number of halogens is 2. The minimum atomic E-state index is 0.699. The molecule has 0 saturated heterocycles. The largest absolute Gasteiger partial charge is 0.379 e. The van der Waals surface area contributed by atoms with Crippen LogP contribution in [0.2, 0.25) is 5.02 Å². The molecule has 2 rings (SSSR count). The second-order valence-electron chi connectivity index (χ2n) is 3.75. The number of aromatic nitrogens is 1. The van der Waals surface area contributed by atoms with Gasteiger partial charge in [0.25, 0.3) is 0 Å². The van der Waals surface area contributed by atoms with Crippen LogP contribution in [-0.4, -0.2) is 4.98 Å². The molecule has 1 heterocycles. The highest BCUT2D eigenvalue weighted by atomic mass is 79.9. The van der Waals surface area contributed by atoms with Crippen LogP contribution in [-0.2, 0) is 6.54 Å². The van der Waals surface area contributed by atoms with E-state index in [2.05, 4.69) is 39.2 Å². The van der Waals surface area contributed by atoms with Gasteiger partial charge in [-0.1, -0.05) is 17.7 Å². The van der Waals surface area contributed by atoms with E-state index in [-0.39, 0.29) is 0 Å². The van der Waals surface area contributed by atoms with Crippen LogP contribution in [0.4, 0.5) is 5.69 Å². The predicted molar refractivity (Wildman–Crippen MR) is 75.5 cm³/mol. The van der Waals surface area contributed by atoms with Crippen LogP contribution in [0.25, 0.3) is 0 Å². The number of rotatable bonds is 3. The molecule has 0 radical (unpaired) electrons. The van der Waals surface area contributed by atoms with Crippen LogP contribution >= 0.6 is 27.5 Å². The fraction of sp³-hybridized carbons (Fsp3) is 0.154. The summed E-state index contributed by atoms with van der Waals surface area (Å²) in [6.45, 7) is 2.75. The molecule has 0 saturated carbocycles. The van der Waals surface area contributed by atoms with Gasteiger partial charge in [-0.15, -0.1) is 0 Å². The molecule has 0 bridgehead atoms. The van der Waals surface area contributed by atoms with Gasteiger partial charge in [0.1, 0.15) is 0 Å². The van der Waals surface area contributed by atoms with Gasteiger partial charge in [-0.25, -0.2) is 0 Å². The Morgan fingerprint density at radius 1 is 1.35 bits per heavy atom. The summed E-state index contributed by atoms with van der Waals surface area (Å²) in [4.78, 5) is 4.33. The van der Waals surface area contributed by atoms with Gasteiger partial charge in [0.2, 0.25) is 0 Å². The molecule has 1 aromatic heterocycles. The van der Waals surface area contributed by atoms with E-state index in [0.717, 1.165) is 15.9 Å². The first-order chi connectivity index (χ1) is 8.16. The van der Waals surface area contributed by atoms with Gasteiger partial charge in [-0.05, 0) is 52.7 Å². The third kappa shape index (κ3) is 3.20. The van der Waals surface area contributed by atoms with Crippen molar-refractivity contribution in [3.8, 4) is 0 Å². The van der Waals surface area contributed by atoms with Crippen LogP contribution in [0.15, 0.2) is 41.0 Å². The fourth-order valence-corrected chi connectivity index (χ4v) is 1.92. The molecule has 0 unspecified atom stereocenters. The van der Waals surface area contributed by atoms with Crippen molar-refractivity contribution in [2.75, 3.05) is 5.32 Å². The Morgan fingerprint density at radius 3 is 2.88 bits per heavy atom. The maximum absolute atomic E-state index is 6.02. The molecule has 4 heteroatoms. The molecule has 0 aliphatic carbocycles. The monoisotopic (exact) mass is 310 g/mol. The fourth-order valence-electron chi connectivity index (χ4n) is 1.50. The highest BCUT2D eigenvalue weighted by molar-refractivity contribution is 9.10. The van der Waals surface area contributed by atoms with Crippen molar-refractivity contribution in [2.24, 2.45) is 0 Å². The lowest BCUT2D eigenvalue weighted by Gasteiger charge is -2.08. The Balaban J connectivity index is 2.08. The summed E-state index contributed by atoms with van der Waals surface area (Å²) >= 11 is 9.39. The van der Waals surface area contributed by atoms with Crippen LogP contribution in [0.3, 0.4) is 0 Å². The average Bonchev–Trinajstić information content (AvgIpc) is 2.32. The molecule has 0 aliphatic heterocycles. The van der Waals surface area contributed by atoms with Crippen molar-refractivity contribution in [3.05, 3.63) is 57.3 Å². The molecular weight excluding hydrogens is 300 g/mol. The second kappa shape index (κ2) is 5.52. The summed E-state index contributed by atoms with van der Waals surface area (Å²) < 4.78 is 0.902. The first-order valence-corrected chi connectivity index (χ1v) is 6.43. The predicted octanol–water partition coefficient (Wildman–Crippen LogP) is 4.42. The minimum absolute atomic E-state index is 0.699. The summed E-state index contributed by atoms with van der Waals surface area (Å²) in [6.07, 6.45) is 1.80. The molecule has 0 amide bonds. The van der Waals surface area contributed by atoms with Gasteiger partial charge in [-0.2, -0.15) is 0 Å². The van der Waals surface area contributed by atoms with E-state index in [0.29, 0.717) is 11.6 Å². The number of pyridine rings is 1. The lowest BCUT2D eigenvalue weighted by molar-refractivity contribution is 1.02. The van der Waals surface area contributed by atoms with Gasteiger partial charge in [0.15, 0.2) is 0 Å². The number of nitrogens with one attached hydrogen (secondary N) is 1. The normalized spacial score (nSPS) is 10.3. The van der Waals surface area contributed by atoms with E-state index < -0.39 is 0 Å². The van der Waals surface area contributed by atoms with Crippen molar-refractivity contribution in [2.45, 2.75) is 13.5 Å². The summed E-state index contributed by atoms with van der Waals surface area (Å²) in [7, 11) is 0. The van der Waals surface area contributed by atoms with Crippen molar-refractivity contribution in [1.82, 2.24) is 4.98 Å². The smallest absolute Gasteiger partial charge is 0.0623 e. The van der Waals surface area contributed by atoms with Gasteiger partial charge in [0, 0.05) is 16.4 Å². The van der Waals surface area contributed by atoms with Crippen molar-refractivity contribution < 1.29 is 0 Å².